The first-order valence-corrected chi connectivity index (χ1v) is 8.14. The number of nitrogens with zero attached hydrogens (tertiary/aromatic N) is 2. The predicted molar refractivity (Wildman–Crippen MR) is 81.8 cm³/mol. The molecule has 1 aromatic heterocycles. The number of rotatable bonds is 9. The molecule has 0 amide bonds. The summed E-state index contributed by atoms with van der Waals surface area (Å²) in [5.41, 5.74) is 0. The molecule has 1 saturated heterocycles. The molecule has 114 valence electrons. The number of imidazole rings is 1. The van der Waals surface area contributed by atoms with Gasteiger partial charge >= 0.3 is 0 Å². The van der Waals surface area contributed by atoms with Gasteiger partial charge in [0.1, 0.15) is 5.82 Å². The van der Waals surface area contributed by atoms with E-state index in [-0.39, 0.29) is 0 Å². The van der Waals surface area contributed by atoms with E-state index in [0.717, 1.165) is 45.1 Å². The molecule has 1 aliphatic rings. The molecule has 1 fully saturated rings. The molecule has 0 bridgehead atoms. The Kier molecular flexibility index (Phi) is 6.54. The molecule has 2 rings (SSSR count). The Morgan fingerprint density at radius 1 is 1.45 bits per heavy atom. The Labute approximate surface area is 122 Å². The average Bonchev–Trinajstić information content (AvgIpc) is 3.09. The Bertz CT molecular complexity index is 372. The van der Waals surface area contributed by atoms with Crippen molar-refractivity contribution in [3.8, 4) is 0 Å². The zero-order valence-corrected chi connectivity index (χ0v) is 13.0. The standard InChI is InChI=1S/C16H29N3O/c1-3-6-17-15(11-14-5-10-20-13-14)12-16-18-7-9-19(16)8-4-2/h7,9,14-15,17H,3-6,8,10-13H2,1-2H3. The van der Waals surface area contributed by atoms with Crippen LogP contribution in [0.4, 0.5) is 0 Å². The number of hydrogen-bond acceptors (Lipinski definition) is 3. The van der Waals surface area contributed by atoms with Gasteiger partial charge in [-0.15, -0.1) is 0 Å². The molecule has 2 atom stereocenters. The van der Waals surface area contributed by atoms with Crippen LogP contribution >= 0.6 is 0 Å². The minimum atomic E-state index is 0.527. The van der Waals surface area contributed by atoms with E-state index in [0.29, 0.717) is 6.04 Å². The third-order valence-corrected chi connectivity index (χ3v) is 4.02. The van der Waals surface area contributed by atoms with Crippen LogP contribution in [-0.4, -0.2) is 35.4 Å². The van der Waals surface area contributed by atoms with Crippen LogP contribution in [0.3, 0.4) is 0 Å². The topological polar surface area (TPSA) is 39.1 Å². The number of ether oxygens (including phenoxy) is 1. The van der Waals surface area contributed by atoms with Gasteiger partial charge in [0.2, 0.25) is 0 Å². The minimum Gasteiger partial charge on any atom is -0.381 e. The number of nitrogens with one attached hydrogen (secondary N) is 1. The highest BCUT2D eigenvalue weighted by Crippen LogP contribution is 2.20. The molecule has 1 aromatic rings. The summed E-state index contributed by atoms with van der Waals surface area (Å²) in [6, 6.07) is 0.527. The maximum atomic E-state index is 5.51. The SMILES string of the molecule is CCCNC(Cc1nccn1CCC)CC1CCOC1. The molecule has 0 aromatic carbocycles. The van der Waals surface area contributed by atoms with Crippen molar-refractivity contribution in [2.45, 2.75) is 58.5 Å². The van der Waals surface area contributed by atoms with Crippen LogP contribution in [0.1, 0.15) is 45.4 Å². The summed E-state index contributed by atoms with van der Waals surface area (Å²) in [6.45, 7) is 8.48. The highest BCUT2D eigenvalue weighted by Gasteiger charge is 2.21. The van der Waals surface area contributed by atoms with Gasteiger partial charge in [0.15, 0.2) is 0 Å². The van der Waals surface area contributed by atoms with Crippen molar-refractivity contribution in [3.63, 3.8) is 0 Å². The molecular weight excluding hydrogens is 250 g/mol. The summed E-state index contributed by atoms with van der Waals surface area (Å²) < 4.78 is 7.81. The molecule has 0 radical (unpaired) electrons. The lowest BCUT2D eigenvalue weighted by Gasteiger charge is -2.21. The first kappa shape index (κ1) is 15.5. The van der Waals surface area contributed by atoms with Crippen LogP contribution in [0, 0.1) is 5.92 Å². The lowest BCUT2D eigenvalue weighted by Crippen LogP contribution is -2.34. The second-order valence-electron chi connectivity index (χ2n) is 5.86. The number of aromatic nitrogens is 2. The largest absolute Gasteiger partial charge is 0.381 e. The van der Waals surface area contributed by atoms with Gasteiger partial charge in [0.05, 0.1) is 0 Å². The van der Waals surface area contributed by atoms with Gasteiger partial charge in [0, 0.05) is 44.6 Å². The lowest BCUT2D eigenvalue weighted by molar-refractivity contribution is 0.181. The zero-order valence-electron chi connectivity index (χ0n) is 13.0. The Hall–Kier alpha value is -0.870. The maximum Gasteiger partial charge on any atom is 0.110 e. The minimum absolute atomic E-state index is 0.527. The summed E-state index contributed by atoms with van der Waals surface area (Å²) in [5.74, 6) is 1.94. The summed E-state index contributed by atoms with van der Waals surface area (Å²) in [5, 5.41) is 3.70. The fourth-order valence-electron chi connectivity index (χ4n) is 2.95. The van der Waals surface area contributed by atoms with Crippen molar-refractivity contribution < 1.29 is 4.74 Å². The molecule has 2 heterocycles. The van der Waals surface area contributed by atoms with Gasteiger partial charge in [-0.2, -0.15) is 0 Å². The summed E-state index contributed by atoms with van der Waals surface area (Å²) >= 11 is 0. The van der Waals surface area contributed by atoms with E-state index in [2.05, 4.69) is 34.9 Å². The van der Waals surface area contributed by atoms with Crippen LogP contribution in [0.5, 0.6) is 0 Å². The first-order valence-electron chi connectivity index (χ1n) is 8.14. The van der Waals surface area contributed by atoms with E-state index in [9.17, 15) is 0 Å². The highest BCUT2D eigenvalue weighted by atomic mass is 16.5. The average molecular weight is 279 g/mol. The smallest absolute Gasteiger partial charge is 0.110 e. The maximum absolute atomic E-state index is 5.51. The van der Waals surface area contributed by atoms with E-state index < -0.39 is 0 Å². The third-order valence-electron chi connectivity index (χ3n) is 4.02. The van der Waals surface area contributed by atoms with E-state index in [1.807, 2.05) is 6.20 Å². The fourth-order valence-corrected chi connectivity index (χ4v) is 2.95. The van der Waals surface area contributed by atoms with Crippen molar-refractivity contribution in [1.82, 2.24) is 14.9 Å². The second-order valence-corrected chi connectivity index (χ2v) is 5.86. The molecule has 0 spiro atoms. The second kappa shape index (κ2) is 8.42. The van der Waals surface area contributed by atoms with Gasteiger partial charge in [0.25, 0.3) is 0 Å². The molecule has 4 heteroatoms. The van der Waals surface area contributed by atoms with Gasteiger partial charge in [-0.25, -0.2) is 4.98 Å². The van der Waals surface area contributed by atoms with Crippen LogP contribution < -0.4 is 5.32 Å². The molecular formula is C16H29N3O. The molecule has 0 saturated carbocycles. The van der Waals surface area contributed by atoms with Crippen molar-refractivity contribution in [1.29, 1.82) is 0 Å². The summed E-state index contributed by atoms with van der Waals surface area (Å²) in [4.78, 5) is 4.55. The normalized spacial score (nSPS) is 20.4. The molecule has 4 nitrogen and oxygen atoms in total. The first-order chi connectivity index (χ1) is 9.83. The monoisotopic (exact) mass is 279 g/mol. The fraction of sp³-hybridized carbons (Fsp3) is 0.812. The van der Waals surface area contributed by atoms with Crippen molar-refractivity contribution in [3.05, 3.63) is 18.2 Å². The highest BCUT2D eigenvalue weighted by molar-refractivity contribution is 4.96. The van der Waals surface area contributed by atoms with Gasteiger partial charge < -0.3 is 14.6 Å². The Morgan fingerprint density at radius 3 is 3.05 bits per heavy atom. The van der Waals surface area contributed by atoms with E-state index in [1.165, 1.54) is 25.1 Å². The molecule has 1 aliphatic heterocycles. The molecule has 2 unspecified atom stereocenters. The molecule has 0 aliphatic carbocycles. The summed E-state index contributed by atoms with van der Waals surface area (Å²) in [7, 11) is 0. The van der Waals surface area contributed by atoms with E-state index >= 15 is 0 Å². The predicted octanol–water partition coefficient (Wildman–Crippen LogP) is 2.63. The third kappa shape index (κ3) is 4.60. The molecule has 1 N–H and O–H groups in total. The van der Waals surface area contributed by atoms with Gasteiger partial charge in [-0.05, 0) is 38.1 Å². The van der Waals surface area contributed by atoms with Gasteiger partial charge in [-0.1, -0.05) is 13.8 Å². The number of aryl methyl sites for hydroxylation is 1. The van der Waals surface area contributed by atoms with Crippen LogP contribution in [0.25, 0.3) is 0 Å². The molecule has 20 heavy (non-hydrogen) atoms. The zero-order chi connectivity index (χ0) is 14.2. The van der Waals surface area contributed by atoms with Crippen molar-refractivity contribution >= 4 is 0 Å². The van der Waals surface area contributed by atoms with E-state index in [1.54, 1.807) is 0 Å². The summed E-state index contributed by atoms with van der Waals surface area (Å²) in [6.07, 6.45) is 9.83. The quantitative estimate of drug-likeness (QED) is 0.755. The lowest BCUT2D eigenvalue weighted by atomic mass is 9.97. The van der Waals surface area contributed by atoms with Crippen LogP contribution in [0.15, 0.2) is 12.4 Å². The van der Waals surface area contributed by atoms with Gasteiger partial charge in [-0.3, -0.25) is 0 Å². The van der Waals surface area contributed by atoms with Crippen LogP contribution in [-0.2, 0) is 17.7 Å². The van der Waals surface area contributed by atoms with Crippen molar-refractivity contribution in [2.75, 3.05) is 19.8 Å². The Morgan fingerprint density at radius 2 is 2.35 bits per heavy atom. The van der Waals surface area contributed by atoms with Crippen LogP contribution in [0.2, 0.25) is 0 Å². The Balaban J connectivity index is 1.92. The van der Waals surface area contributed by atoms with E-state index in [4.69, 9.17) is 4.74 Å². The number of hydrogen-bond donors (Lipinski definition) is 1. The van der Waals surface area contributed by atoms with Crippen molar-refractivity contribution in [2.24, 2.45) is 5.92 Å².